The molecule has 5 rings (SSSR count). The number of ether oxygens (including phenoxy) is 2. The Morgan fingerprint density at radius 3 is 2.34 bits per heavy atom. The van der Waals surface area contributed by atoms with Crippen LogP contribution < -0.4 is 9.47 Å². The summed E-state index contributed by atoms with van der Waals surface area (Å²) in [7, 11) is 3.15. The molecule has 2 amide bonds. The first-order chi connectivity index (χ1) is 18.5. The van der Waals surface area contributed by atoms with Crippen molar-refractivity contribution in [3.05, 3.63) is 81.0 Å². The van der Waals surface area contributed by atoms with Crippen LogP contribution in [0.15, 0.2) is 53.9 Å². The van der Waals surface area contributed by atoms with Gasteiger partial charge in [-0.25, -0.2) is 0 Å². The zero-order valence-corrected chi connectivity index (χ0v) is 23.1. The van der Waals surface area contributed by atoms with Crippen molar-refractivity contribution in [1.82, 2.24) is 14.7 Å². The number of amides is 2. The maximum absolute atomic E-state index is 13.6. The van der Waals surface area contributed by atoms with E-state index in [1.807, 2.05) is 21.1 Å². The van der Waals surface area contributed by atoms with E-state index in [-0.39, 0.29) is 17.9 Å². The molecular weight excluding hydrogens is 498 g/mol. The quantitative estimate of drug-likeness (QED) is 0.470. The number of hydrogen-bond acceptors (Lipinski definition) is 6. The van der Waals surface area contributed by atoms with Crippen LogP contribution >= 0.6 is 11.3 Å². The van der Waals surface area contributed by atoms with Crippen molar-refractivity contribution in [2.45, 2.75) is 25.8 Å². The normalized spacial score (nSPS) is 18.0. The minimum atomic E-state index is -0.0721. The second-order valence-electron chi connectivity index (χ2n) is 9.91. The molecule has 0 radical (unpaired) electrons. The van der Waals surface area contributed by atoms with Crippen LogP contribution in [0.25, 0.3) is 0 Å². The van der Waals surface area contributed by atoms with E-state index in [0.29, 0.717) is 49.8 Å². The van der Waals surface area contributed by atoms with E-state index in [9.17, 15) is 9.59 Å². The highest BCUT2D eigenvalue weighted by Gasteiger charge is 2.33. The van der Waals surface area contributed by atoms with E-state index < -0.39 is 0 Å². The molecule has 2 aliphatic rings. The molecule has 1 saturated heterocycles. The molecule has 8 heteroatoms. The predicted molar refractivity (Wildman–Crippen MR) is 149 cm³/mol. The average molecular weight is 534 g/mol. The molecule has 0 N–H and O–H groups in total. The first-order valence-corrected chi connectivity index (χ1v) is 14.0. The summed E-state index contributed by atoms with van der Waals surface area (Å²) in [6.07, 6.45) is 1.71. The standard InChI is InChI=1S/C30H35N3O4S/c1-21-7-4-5-8-25(21)29-26-10-16-38-27(26)9-13-33(29)20-28(34)31-11-6-12-32(15-14-31)30(35)22-17-23(36-2)19-24(18-22)37-3/h4-5,7-8,10,16-19,29H,6,9,11-15,20H2,1-3H3/t29-/m1/s1. The third-order valence-corrected chi connectivity index (χ3v) is 8.62. The van der Waals surface area contributed by atoms with Crippen LogP contribution in [0.2, 0.25) is 0 Å². The van der Waals surface area contributed by atoms with Crippen molar-refractivity contribution >= 4 is 23.2 Å². The highest BCUT2D eigenvalue weighted by Crippen LogP contribution is 2.38. The third-order valence-electron chi connectivity index (χ3n) is 7.62. The first kappa shape index (κ1) is 26.3. The van der Waals surface area contributed by atoms with Gasteiger partial charge in [0.1, 0.15) is 11.5 Å². The van der Waals surface area contributed by atoms with Crippen LogP contribution in [0.4, 0.5) is 0 Å². The molecule has 3 aromatic rings. The number of carbonyl (C=O) groups excluding carboxylic acids is 2. The van der Waals surface area contributed by atoms with Crippen molar-refractivity contribution in [3.8, 4) is 11.5 Å². The largest absolute Gasteiger partial charge is 0.497 e. The third kappa shape index (κ3) is 5.42. The summed E-state index contributed by atoms with van der Waals surface area (Å²) in [5, 5.41) is 2.17. The van der Waals surface area contributed by atoms with E-state index in [2.05, 4.69) is 47.5 Å². The van der Waals surface area contributed by atoms with Gasteiger partial charge in [-0.3, -0.25) is 14.5 Å². The molecule has 0 bridgehead atoms. The number of aryl methyl sites for hydroxylation is 1. The molecule has 38 heavy (non-hydrogen) atoms. The van der Waals surface area contributed by atoms with Gasteiger partial charge < -0.3 is 19.3 Å². The van der Waals surface area contributed by atoms with Crippen molar-refractivity contribution in [3.63, 3.8) is 0 Å². The van der Waals surface area contributed by atoms with E-state index in [4.69, 9.17) is 9.47 Å². The van der Waals surface area contributed by atoms with Crippen molar-refractivity contribution in [1.29, 1.82) is 0 Å². The van der Waals surface area contributed by atoms with E-state index >= 15 is 0 Å². The summed E-state index contributed by atoms with van der Waals surface area (Å²) in [4.78, 5) is 34.4. The Morgan fingerprint density at radius 2 is 1.61 bits per heavy atom. The van der Waals surface area contributed by atoms with Gasteiger partial charge in [-0.15, -0.1) is 11.3 Å². The number of hydrogen-bond donors (Lipinski definition) is 0. The lowest BCUT2D eigenvalue weighted by Crippen LogP contribution is -2.45. The Bertz CT molecular complexity index is 1280. The Morgan fingerprint density at radius 1 is 0.895 bits per heavy atom. The molecule has 0 spiro atoms. The molecule has 200 valence electrons. The predicted octanol–water partition coefficient (Wildman–Crippen LogP) is 4.40. The van der Waals surface area contributed by atoms with Crippen molar-refractivity contribution < 1.29 is 19.1 Å². The Kier molecular flexibility index (Phi) is 8.00. The molecule has 0 aliphatic carbocycles. The summed E-state index contributed by atoms with van der Waals surface area (Å²) in [6, 6.07) is 16.0. The average Bonchev–Trinajstić information content (AvgIpc) is 3.28. The Hall–Kier alpha value is -3.36. The fourth-order valence-corrected chi connectivity index (χ4v) is 6.46. The Balaban J connectivity index is 1.28. The lowest BCUT2D eigenvalue weighted by atomic mass is 9.90. The van der Waals surface area contributed by atoms with Gasteiger partial charge in [0.2, 0.25) is 5.91 Å². The van der Waals surface area contributed by atoms with Crippen LogP contribution in [0.3, 0.4) is 0 Å². The molecule has 1 aromatic heterocycles. The molecule has 2 aliphatic heterocycles. The second-order valence-corrected chi connectivity index (χ2v) is 10.9. The Labute approximate surface area is 228 Å². The zero-order chi connectivity index (χ0) is 26.6. The van der Waals surface area contributed by atoms with Crippen LogP contribution in [-0.4, -0.2) is 80.0 Å². The van der Waals surface area contributed by atoms with Crippen LogP contribution in [-0.2, 0) is 11.2 Å². The number of fused-ring (bicyclic) bond motifs is 1. The van der Waals surface area contributed by atoms with Gasteiger partial charge in [0.05, 0.1) is 26.8 Å². The van der Waals surface area contributed by atoms with E-state index in [0.717, 1.165) is 19.4 Å². The molecule has 7 nitrogen and oxygen atoms in total. The maximum atomic E-state index is 13.6. The van der Waals surface area contributed by atoms with Gasteiger partial charge >= 0.3 is 0 Å². The molecule has 0 saturated carbocycles. The zero-order valence-electron chi connectivity index (χ0n) is 22.3. The van der Waals surface area contributed by atoms with Gasteiger partial charge in [0.25, 0.3) is 5.91 Å². The summed E-state index contributed by atoms with van der Waals surface area (Å²) in [6.45, 7) is 5.66. The van der Waals surface area contributed by atoms with Gasteiger partial charge in [0.15, 0.2) is 0 Å². The number of methoxy groups -OCH3 is 2. The highest BCUT2D eigenvalue weighted by atomic mass is 32.1. The van der Waals surface area contributed by atoms with Crippen LogP contribution in [0.5, 0.6) is 11.5 Å². The fraction of sp³-hybridized carbons (Fsp3) is 0.400. The van der Waals surface area contributed by atoms with Gasteiger partial charge in [-0.2, -0.15) is 0 Å². The van der Waals surface area contributed by atoms with Crippen LogP contribution in [0.1, 0.15) is 44.4 Å². The monoisotopic (exact) mass is 533 g/mol. The van der Waals surface area contributed by atoms with Gasteiger partial charge in [0, 0.05) is 49.2 Å². The van der Waals surface area contributed by atoms with E-state index in [1.54, 1.807) is 32.4 Å². The molecule has 2 aromatic carbocycles. The summed E-state index contributed by atoms with van der Waals surface area (Å²) in [5.74, 6) is 1.22. The van der Waals surface area contributed by atoms with E-state index in [1.165, 1.54) is 21.6 Å². The number of nitrogens with zero attached hydrogens (tertiary/aromatic N) is 3. The second kappa shape index (κ2) is 11.6. The topological polar surface area (TPSA) is 62.3 Å². The first-order valence-electron chi connectivity index (χ1n) is 13.1. The summed E-state index contributed by atoms with van der Waals surface area (Å²) in [5.41, 5.74) is 4.36. The minimum Gasteiger partial charge on any atom is -0.497 e. The fourth-order valence-electron chi connectivity index (χ4n) is 5.55. The summed E-state index contributed by atoms with van der Waals surface area (Å²) < 4.78 is 10.7. The molecular formula is C30H35N3O4S. The van der Waals surface area contributed by atoms with Crippen molar-refractivity contribution in [2.24, 2.45) is 0 Å². The highest BCUT2D eigenvalue weighted by molar-refractivity contribution is 7.10. The SMILES string of the molecule is COc1cc(OC)cc(C(=O)N2CCCN(C(=O)CN3CCc4sccc4[C@H]3c3ccccc3C)CC2)c1. The van der Waals surface area contributed by atoms with Crippen molar-refractivity contribution in [2.75, 3.05) is 53.5 Å². The molecule has 0 unspecified atom stereocenters. The molecule has 1 atom stereocenters. The van der Waals surface area contributed by atoms with Crippen LogP contribution in [0, 0.1) is 6.92 Å². The van der Waals surface area contributed by atoms with Gasteiger partial charge in [-0.1, -0.05) is 24.3 Å². The minimum absolute atomic E-state index is 0.0721. The lowest BCUT2D eigenvalue weighted by Gasteiger charge is -2.37. The maximum Gasteiger partial charge on any atom is 0.254 e. The smallest absolute Gasteiger partial charge is 0.254 e. The number of rotatable bonds is 6. The lowest BCUT2D eigenvalue weighted by molar-refractivity contribution is -0.132. The molecule has 3 heterocycles. The molecule has 1 fully saturated rings. The number of carbonyl (C=O) groups is 2. The number of thiophene rings is 1. The summed E-state index contributed by atoms with van der Waals surface area (Å²) >= 11 is 1.81. The van der Waals surface area contributed by atoms with Gasteiger partial charge in [-0.05, 0) is 60.0 Å². The number of benzene rings is 2.